The van der Waals surface area contributed by atoms with E-state index in [0.29, 0.717) is 11.3 Å². The van der Waals surface area contributed by atoms with E-state index in [0.717, 1.165) is 0 Å². The second-order valence-corrected chi connectivity index (χ2v) is 4.25. The number of benzene rings is 2. The molecule has 0 fully saturated rings. The predicted octanol–water partition coefficient (Wildman–Crippen LogP) is 1.75. The number of phenolic OH excluding ortho intramolecular Hbond substituents is 1. The number of carbonyl (C=O) groups is 2. The topological polar surface area (TPSA) is 102 Å². The molecule has 0 saturated heterocycles. The maximum atomic E-state index is 12.1. The second kappa shape index (κ2) is 5.96. The summed E-state index contributed by atoms with van der Waals surface area (Å²) in [6, 6.07) is 10.7. The highest BCUT2D eigenvalue weighted by Gasteiger charge is 2.14. The van der Waals surface area contributed by atoms with Crippen molar-refractivity contribution < 1.29 is 19.4 Å². The number of nitrogens with two attached hydrogens (primary N) is 1. The third kappa shape index (κ3) is 3.11. The van der Waals surface area contributed by atoms with Gasteiger partial charge in [0.15, 0.2) is 11.5 Å². The largest absolute Gasteiger partial charge is 0.504 e. The van der Waals surface area contributed by atoms with Crippen LogP contribution in [-0.2, 0) is 0 Å². The number of primary amides is 1. The van der Waals surface area contributed by atoms with Gasteiger partial charge in [-0.25, -0.2) is 0 Å². The van der Waals surface area contributed by atoms with Gasteiger partial charge in [0, 0.05) is 11.3 Å². The van der Waals surface area contributed by atoms with Crippen molar-refractivity contribution in [2.45, 2.75) is 0 Å². The van der Waals surface area contributed by atoms with Crippen LogP contribution in [-0.4, -0.2) is 24.0 Å². The number of rotatable bonds is 4. The number of anilines is 1. The van der Waals surface area contributed by atoms with Crippen LogP contribution in [0.1, 0.15) is 20.7 Å². The van der Waals surface area contributed by atoms with E-state index in [-0.39, 0.29) is 17.1 Å². The number of carbonyl (C=O) groups excluding carboxylic acids is 2. The predicted molar refractivity (Wildman–Crippen MR) is 77.6 cm³/mol. The molecular weight excluding hydrogens is 272 g/mol. The number of hydrogen-bond acceptors (Lipinski definition) is 4. The number of para-hydroxylation sites is 1. The van der Waals surface area contributed by atoms with Gasteiger partial charge in [-0.15, -0.1) is 0 Å². The molecular formula is C15H14N2O4. The van der Waals surface area contributed by atoms with Gasteiger partial charge in [0.1, 0.15) is 0 Å². The van der Waals surface area contributed by atoms with E-state index in [1.807, 2.05) is 0 Å². The van der Waals surface area contributed by atoms with Crippen LogP contribution in [0.25, 0.3) is 0 Å². The van der Waals surface area contributed by atoms with Crippen molar-refractivity contribution in [1.29, 1.82) is 0 Å². The van der Waals surface area contributed by atoms with Crippen LogP contribution >= 0.6 is 0 Å². The summed E-state index contributed by atoms with van der Waals surface area (Å²) in [7, 11) is 1.40. The third-order valence-corrected chi connectivity index (χ3v) is 2.89. The number of phenols is 1. The van der Waals surface area contributed by atoms with Crippen LogP contribution < -0.4 is 15.8 Å². The Morgan fingerprint density at radius 3 is 2.38 bits per heavy atom. The van der Waals surface area contributed by atoms with Crippen LogP contribution in [0.5, 0.6) is 11.5 Å². The maximum absolute atomic E-state index is 12.1. The Bertz CT molecular complexity index is 681. The van der Waals surface area contributed by atoms with Gasteiger partial charge in [-0.1, -0.05) is 6.07 Å². The molecule has 108 valence electrons. The lowest BCUT2D eigenvalue weighted by atomic mass is 10.1. The minimum atomic E-state index is -0.543. The Balaban J connectivity index is 2.20. The van der Waals surface area contributed by atoms with Gasteiger partial charge >= 0.3 is 0 Å². The molecule has 0 radical (unpaired) electrons. The van der Waals surface area contributed by atoms with E-state index >= 15 is 0 Å². The average Bonchev–Trinajstić information content (AvgIpc) is 2.48. The molecule has 0 spiro atoms. The number of ether oxygens (including phenoxy) is 1. The second-order valence-electron chi connectivity index (χ2n) is 4.25. The number of hydrogen-bond donors (Lipinski definition) is 3. The number of amides is 2. The standard InChI is InChI=1S/C15H14N2O4/c1-21-12-4-2-3-11(13(12)18)15(20)17-10-7-5-9(6-8-10)14(16)19/h2-8,18H,1H3,(H2,16,19)(H,17,20). The summed E-state index contributed by atoms with van der Waals surface area (Å²) < 4.78 is 4.95. The zero-order valence-electron chi connectivity index (χ0n) is 11.3. The first-order valence-corrected chi connectivity index (χ1v) is 6.10. The quantitative estimate of drug-likeness (QED) is 0.796. The maximum Gasteiger partial charge on any atom is 0.259 e. The van der Waals surface area contributed by atoms with E-state index in [9.17, 15) is 14.7 Å². The Kier molecular flexibility index (Phi) is 4.08. The lowest BCUT2D eigenvalue weighted by molar-refractivity contribution is 0.0998. The van der Waals surface area contributed by atoms with Crippen molar-refractivity contribution >= 4 is 17.5 Å². The fraction of sp³-hybridized carbons (Fsp3) is 0.0667. The molecule has 0 unspecified atom stereocenters. The fourth-order valence-electron chi connectivity index (χ4n) is 1.79. The van der Waals surface area contributed by atoms with Gasteiger partial charge in [0.05, 0.1) is 12.7 Å². The van der Waals surface area contributed by atoms with Gasteiger partial charge in [-0.3, -0.25) is 9.59 Å². The molecule has 0 bridgehead atoms. The molecule has 2 aromatic carbocycles. The van der Waals surface area contributed by atoms with E-state index in [1.165, 1.54) is 25.3 Å². The summed E-state index contributed by atoms with van der Waals surface area (Å²) in [4.78, 5) is 23.1. The zero-order valence-corrected chi connectivity index (χ0v) is 11.3. The van der Waals surface area contributed by atoms with E-state index in [1.54, 1.807) is 24.3 Å². The molecule has 0 heterocycles. The monoisotopic (exact) mass is 286 g/mol. The van der Waals surface area contributed by atoms with E-state index < -0.39 is 11.8 Å². The molecule has 0 aromatic heterocycles. The Morgan fingerprint density at radius 1 is 1.14 bits per heavy atom. The first kappa shape index (κ1) is 14.4. The van der Waals surface area contributed by atoms with E-state index in [4.69, 9.17) is 10.5 Å². The highest BCUT2D eigenvalue weighted by Crippen LogP contribution is 2.29. The van der Waals surface area contributed by atoms with E-state index in [2.05, 4.69) is 5.32 Å². The van der Waals surface area contributed by atoms with Crippen LogP contribution in [0.3, 0.4) is 0 Å². The van der Waals surface area contributed by atoms with Crippen molar-refractivity contribution in [3.8, 4) is 11.5 Å². The first-order valence-electron chi connectivity index (χ1n) is 6.10. The molecule has 6 nitrogen and oxygen atoms in total. The lowest BCUT2D eigenvalue weighted by Crippen LogP contribution is -2.13. The zero-order chi connectivity index (χ0) is 15.4. The van der Waals surface area contributed by atoms with Crippen molar-refractivity contribution in [1.82, 2.24) is 0 Å². The molecule has 6 heteroatoms. The minimum Gasteiger partial charge on any atom is -0.504 e. The number of methoxy groups -OCH3 is 1. The van der Waals surface area contributed by atoms with Crippen LogP contribution in [0.2, 0.25) is 0 Å². The molecule has 0 aliphatic heterocycles. The van der Waals surface area contributed by atoms with Crippen molar-refractivity contribution in [2.24, 2.45) is 5.73 Å². The molecule has 2 aromatic rings. The lowest BCUT2D eigenvalue weighted by Gasteiger charge is -2.09. The van der Waals surface area contributed by atoms with Gasteiger partial charge < -0.3 is 20.9 Å². The molecule has 0 aliphatic rings. The third-order valence-electron chi connectivity index (χ3n) is 2.89. The smallest absolute Gasteiger partial charge is 0.259 e. The molecule has 21 heavy (non-hydrogen) atoms. The van der Waals surface area contributed by atoms with Gasteiger partial charge in [-0.05, 0) is 36.4 Å². The van der Waals surface area contributed by atoms with Crippen molar-refractivity contribution in [3.05, 3.63) is 53.6 Å². The Labute approximate surface area is 121 Å². The van der Waals surface area contributed by atoms with Gasteiger partial charge in [0.25, 0.3) is 5.91 Å². The number of nitrogens with one attached hydrogen (secondary N) is 1. The normalized spacial score (nSPS) is 9.95. The van der Waals surface area contributed by atoms with Crippen LogP contribution in [0, 0.1) is 0 Å². The van der Waals surface area contributed by atoms with Crippen LogP contribution in [0.4, 0.5) is 5.69 Å². The molecule has 4 N–H and O–H groups in total. The summed E-state index contributed by atoms with van der Waals surface area (Å²) >= 11 is 0. The highest BCUT2D eigenvalue weighted by atomic mass is 16.5. The van der Waals surface area contributed by atoms with Gasteiger partial charge in [-0.2, -0.15) is 0 Å². The first-order chi connectivity index (χ1) is 10.0. The fourth-order valence-corrected chi connectivity index (χ4v) is 1.79. The highest BCUT2D eigenvalue weighted by molar-refractivity contribution is 6.06. The summed E-state index contributed by atoms with van der Waals surface area (Å²) in [5.74, 6) is -1.05. The molecule has 0 aliphatic carbocycles. The molecule has 0 saturated carbocycles. The summed E-state index contributed by atoms with van der Waals surface area (Å²) in [6.07, 6.45) is 0. The molecule has 0 atom stereocenters. The number of aromatic hydroxyl groups is 1. The van der Waals surface area contributed by atoms with Gasteiger partial charge in [0.2, 0.25) is 5.91 Å². The van der Waals surface area contributed by atoms with Crippen molar-refractivity contribution in [2.75, 3.05) is 12.4 Å². The Hall–Kier alpha value is -3.02. The SMILES string of the molecule is COc1cccc(C(=O)Nc2ccc(C(N)=O)cc2)c1O. The summed E-state index contributed by atoms with van der Waals surface area (Å²) in [5, 5.41) is 12.5. The molecule has 2 amide bonds. The minimum absolute atomic E-state index is 0.0910. The van der Waals surface area contributed by atoms with Crippen molar-refractivity contribution in [3.63, 3.8) is 0 Å². The van der Waals surface area contributed by atoms with Crippen LogP contribution in [0.15, 0.2) is 42.5 Å². The molecule has 2 rings (SSSR count). The average molecular weight is 286 g/mol. The summed E-state index contributed by atoms with van der Waals surface area (Å²) in [5.41, 5.74) is 6.05. The summed E-state index contributed by atoms with van der Waals surface area (Å²) in [6.45, 7) is 0. The Morgan fingerprint density at radius 2 is 1.81 bits per heavy atom.